The van der Waals surface area contributed by atoms with Gasteiger partial charge in [0.15, 0.2) is 0 Å². The van der Waals surface area contributed by atoms with E-state index < -0.39 is 0 Å². The molecule has 1 nitrogen and oxygen atoms in total. The van der Waals surface area contributed by atoms with Crippen molar-refractivity contribution in [1.29, 1.82) is 0 Å². The van der Waals surface area contributed by atoms with Crippen LogP contribution in [-0.4, -0.2) is 0 Å². The molecular weight excluding hydrogens is 569 g/mol. The molecule has 0 aliphatic rings. The Morgan fingerprint density at radius 2 is 0.830 bits per heavy atom. The fourth-order valence-electron chi connectivity index (χ4n) is 7.87. The van der Waals surface area contributed by atoms with Crippen molar-refractivity contribution < 1.29 is 4.42 Å². The zero-order chi connectivity index (χ0) is 30.9. The second kappa shape index (κ2) is 10.2. The predicted molar refractivity (Wildman–Crippen MR) is 200 cm³/mol. The molecule has 47 heavy (non-hydrogen) atoms. The molecule has 1 heteroatoms. The van der Waals surface area contributed by atoms with Crippen LogP contribution in [-0.2, 0) is 0 Å². The van der Waals surface area contributed by atoms with Crippen molar-refractivity contribution in [3.05, 3.63) is 170 Å². The van der Waals surface area contributed by atoms with E-state index in [0.29, 0.717) is 0 Å². The Morgan fingerprint density at radius 3 is 1.53 bits per heavy atom. The molecule has 0 amide bonds. The summed E-state index contributed by atoms with van der Waals surface area (Å²) in [6.07, 6.45) is 0. The lowest BCUT2D eigenvalue weighted by Gasteiger charge is -2.20. The van der Waals surface area contributed by atoms with E-state index in [-0.39, 0.29) is 0 Å². The maximum Gasteiger partial charge on any atom is 0.143 e. The SMILES string of the molecule is c1ccc(-c2cccc3c2oc2cccc(-c4c5ccccc5c(-c5cc6ccccc6c6ccccc56)c5ccccc45)c23)cc1. The first-order valence-corrected chi connectivity index (χ1v) is 16.2. The molecule has 1 aromatic heterocycles. The molecule has 0 saturated heterocycles. The van der Waals surface area contributed by atoms with E-state index >= 15 is 0 Å². The number of benzene rings is 9. The van der Waals surface area contributed by atoms with Crippen molar-refractivity contribution in [2.75, 3.05) is 0 Å². The van der Waals surface area contributed by atoms with Crippen LogP contribution in [0.4, 0.5) is 0 Å². The average molecular weight is 597 g/mol. The van der Waals surface area contributed by atoms with E-state index in [9.17, 15) is 0 Å². The van der Waals surface area contributed by atoms with Gasteiger partial charge in [-0.2, -0.15) is 0 Å². The minimum absolute atomic E-state index is 0.902. The zero-order valence-corrected chi connectivity index (χ0v) is 25.6. The van der Waals surface area contributed by atoms with Crippen molar-refractivity contribution in [3.63, 3.8) is 0 Å². The van der Waals surface area contributed by atoms with Crippen molar-refractivity contribution in [2.24, 2.45) is 0 Å². The Balaban J connectivity index is 1.35. The zero-order valence-electron chi connectivity index (χ0n) is 25.6. The van der Waals surface area contributed by atoms with Gasteiger partial charge in [-0.15, -0.1) is 0 Å². The fourth-order valence-corrected chi connectivity index (χ4v) is 7.87. The molecule has 0 atom stereocenters. The molecule has 9 aromatic carbocycles. The molecule has 0 aliphatic heterocycles. The summed E-state index contributed by atoms with van der Waals surface area (Å²) in [5.74, 6) is 0. The van der Waals surface area contributed by atoms with E-state index in [4.69, 9.17) is 4.42 Å². The molecule has 0 saturated carbocycles. The van der Waals surface area contributed by atoms with Crippen LogP contribution in [0, 0.1) is 0 Å². The molecule has 10 aromatic rings. The van der Waals surface area contributed by atoms with Gasteiger partial charge in [0, 0.05) is 16.3 Å². The number of rotatable bonds is 3. The van der Waals surface area contributed by atoms with Crippen LogP contribution in [0.15, 0.2) is 174 Å². The smallest absolute Gasteiger partial charge is 0.143 e. The Morgan fingerprint density at radius 1 is 0.319 bits per heavy atom. The van der Waals surface area contributed by atoms with Crippen LogP contribution in [0.3, 0.4) is 0 Å². The van der Waals surface area contributed by atoms with Crippen molar-refractivity contribution in [3.8, 4) is 33.4 Å². The first-order valence-electron chi connectivity index (χ1n) is 16.2. The molecule has 0 spiro atoms. The standard InChI is InChI=1S/C46H28O/c1-2-14-29(15-3-1)32-24-12-26-40-45-39(25-13-27-42(45)47-46(32)40)43-35-20-8-10-22-37(35)44(38-23-11-9-21-36(38)43)41-28-30-16-4-5-17-31(30)33-18-6-7-19-34(33)41/h1-28H. The third kappa shape index (κ3) is 3.84. The quantitative estimate of drug-likeness (QED) is 0.146. The van der Waals surface area contributed by atoms with Crippen molar-refractivity contribution in [1.82, 2.24) is 0 Å². The van der Waals surface area contributed by atoms with Crippen LogP contribution in [0.2, 0.25) is 0 Å². The summed E-state index contributed by atoms with van der Waals surface area (Å²) in [4.78, 5) is 0. The van der Waals surface area contributed by atoms with Gasteiger partial charge in [0.1, 0.15) is 11.2 Å². The molecule has 0 N–H and O–H groups in total. The van der Waals surface area contributed by atoms with Crippen LogP contribution < -0.4 is 0 Å². The molecular formula is C46H28O. The molecule has 0 radical (unpaired) electrons. The minimum Gasteiger partial charge on any atom is -0.455 e. The summed E-state index contributed by atoms with van der Waals surface area (Å²) in [5, 5.41) is 12.3. The van der Waals surface area contributed by atoms with Gasteiger partial charge in [-0.25, -0.2) is 0 Å². The first kappa shape index (κ1) is 26.1. The lowest BCUT2D eigenvalue weighted by molar-refractivity contribution is 0.670. The lowest BCUT2D eigenvalue weighted by atomic mass is 9.83. The Labute approximate surface area is 271 Å². The van der Waals surface area contributed by atoms with E-state index in [1.54, 1.807) is 0 Å². The molecule has 1 heterocycles. The largest absolute Gasteiger partial charge is 0.455 e. The van der Waals surface area contributed by atoms with Crippen molar-refractivity contribution in [2.45, 2.75) is 0 Å². The topological polar surface area (TPSA) is 13.1 Å². The fraction of sp³-hybridized carbons (Fsp3) is 0. The van der Waals surface area contributed by atoms with Gasteiger partial charge in [0.05, 0.1) is 0 Å². The molecule has 10 rings (SSSR count). The number of hydrogen-bond donors (Lipinski definition) is 0. The summed E-state index contributed by atoms with van der Waals surface area (Å²) in [6, 6.07) is 61.4. The number of hydrogen-bond acceptors (Lipinski definition) is 1. The van der Waals surface area contributed by atoms with Gasteiger partial charge < -0.3 is 4.42 Å². The van der Waals surface area contributed by atoms with Gasteiger partial charge in [-0.05, 0) is 83.0 Å². The second-order valence-electron chi connectivity index (χ2n) is 12.4. The average Bonchev–Trinajstić information content (AvgIpc) is 3.53. The monoisotopic (exact) mass is 596 g/mol. The lowest BCUT2D eigenvalue weighted by Crippen LogP contribution is -1.92. The van der Waals surface area contributed by atoms with Gasteiger partial charge in [0.2, 0.25) is 0 Å². The van der Waals surface area contributed by atoms with Gasteiger partial charge in [-0.1, -0.05) is 158 Å². The summed E-state index contributed by atoms with van der Waals surface area (Å²) in [6.45, 7) is 0. The molecule has 0 unspecified atom stereocenters. The number of para-hydroxylation sites is 1. The minimum atomic E-state index is 0.902. The highest BCUT2D eigenvalue weighted by atomic mass is 16.3. The molecule has 0 bridgehead atoms. The number of fused-ring (bicyclic) bond motifs is 8. The van der Waals surface area contributed by atoms with Gasteiger partial charge in [-0.3, -0.25) is 0 Å². The van der Waals surface area contributed by atoms with Gasteiger partial charge in [0.25, 0.3) is 0 Å². The summed E-state index contributed by atoms with van der Waals surface area (Å²) < 4.78 is 6.71. The Kier molecular flexibility index (Phi) is 5.64. The maximum absolute atomic E-state index is 6.71. The Bertz CT molecular complexity index is 2780. The third-order valence-corrected chi connectivity index (χ3v) is 9.85. The Hall–Kier alpha value is -6.18. The second-order valence-corrected chi connectivity index (χ2v) is 12.4. The molecule has 0 fully saturated rings. The van der Waals surface area contributed by atoms with Crippen LogP contribution in [0.1, 0.15) is 0 Å². The first-order chi connectivity index (χ1) is 23.3. The normalized spacial score (nSPS) is 11.8. The van der Waals surface area contributed by atoms with Crippen molar-refractivity contribution >= 4 is 65.0 Å². The third-order valence-electron chi connectivity index (χ3n) is 9.85. The van der Waals surface area contributed by atoms with E-state index in [1.807, 2.05) is 0 Å². The summed E-state index contributed by atoms with van der Waals surface area (Å²) in [7, 11) is 0. The van der Waals surface area contributed by atoms with Crippen LogP contribution >= 0.6 is 0 Å². The molecule has 0 aliphatic carbocycles. The summed E-state index contributed by atoms with van der Waals surface area (Å²) in [5.41, 5.74) is 9.06. The van der Waals surface area contributed by atoms with Gasteiger partial charge >= 0.3 is 0 Å². The maximum atomic E-state index is 6.71. The van der Waals surface area contributed by atoms with E-state index in [1.165, 1.54) is 65.3 Å². The predicted octanol–water partition coefficient (Wildman–Crippen LogP) is 13.2. The molecule has 218 valence electrons. The highest BCUT2D eigenvalue weighted by Gasteiger charge is 2.22. The van der Waals surface area contributed by atoms with E-state index in [0.717, 1.165) is 33.1 Å². The summed E-state index contributed by atoms with van der Waals surface area (Å²) >= 11 is 0. The highest BCUT2D eigenvalue weighted by molar-refractivity contribution is 6.28. The van der Waals surface area contributed by atoms with Crippen LogP contribution in [0.25, 0.3) is 98.4 Å². The van der Waals surface area contributed by atoms with Crippen LogP contribution in [0.5, 0.6) is 0 Å². The number of furan rings is 1. The highest BCUT2D eigenvalue weighted by Crippen LogP contribution is 2.49. The van der Waals surface area contributed by atoms with E-state index in [2.05, 4.69) is 170 Å².